The van der Waals surface area contributed by atoms with Crippen molar-refractivity contribution < 1.29 is 0 Å². The summed E-state index contributed by atoms with van der Waals surface area (Å²) in [6.45, 7) is 0. The summed E-state index contributed by atoms with van der Waals surface area (Å²) in [6.07, 6.45) is 0. The Balaban J connectivity index is 3.05. The molecule has 8 heavy (non-hydrogen) atoms. The van der Waals surface area contributed by atoms with Gasteiger partial charge in [0.25, 0.3) is 0 Å². The van der Waals surface area contributed by atoms with Gasteiger partial charge in [-0.05, 0) is 10.8 Å². The van der Waals surface area contributed by atoms with E-state index in [-0.39, 0.29) is 0 Å². The van der Waals surface area contributed by atoms with Gasteiger partial charge in [-0.3, -0.25) is 0 Å². The summed E-state index contributed by atoms with van der Waals surface area (Å²) in [6, 6.07) is 5.42. The Bertz CT molecular complexity index is 223. The van der Waals surface area contributed by atoms with E-state index in [4.69, 9.17) is 13.1 Å². The van der Waals surface area contributed by atoms with E-state index in [9.17, 15) is 0 Å². The summed E-state index contributed by atoms with van der Waals surface area (Å²) in [5.74, 6) is 0. The summed E-state index contributed by atoms with van der Waals surface area (Å²) in [7, 11) is 5.32. The maximum absolute atomic E-state index is 8.26. The van der Waals surface area contributed by atoms with Gasteiger partial charge < -0.3 is 0 Å². The van der Waals surface area contributed by atoms with Crippen molar-refractivity contribution in [1.82, 2.24) is 0 Å². The van der Waals surface area contributed by atoms with Gasteiger partial charge in [0.1, 0.15) is 18.8 Å². The van der Waals surface area contributed by atoms with Crippen LogP contribution in [0.5, 0.6) is 0 Å². The first kappa shape index (κ1) is 5.39. The van der Waals surface area contributed by atoms with Crippen molar-refractivity contribution in [2.24, 2.45) is 0 Å². The van der Waals surface area contributed by atoms with Crippen molar-refractivity contribution in [3.8, 4) is 6.07 Å². The fraction of sp³-hybridized carbons (Fsp3) is 0. The first-order valence-corrected chi connectivity index (χ1v) is 2.90. The van der Waals surface area contributed by atoms with E-state index in [2.05, 4.69) is 0 Å². The van der Waals surface area contributed by atoms with Gasteiger partial charge in [-0.15, -0.1) is 11.3 Å². The van der Waals surface area contributed by atoms with Crippen LogP contribution in [0.15, 0.2) is 12.1 Å². The van der Waals surface area contributed by atoms with Crippen molar-refractivity contribution in [1.29, 1.82) is 5.26 Å². The Morgan fingerprint density at radius 2 is 2.38 bits per heavy atom. The highest BCUT2D eigenvalue weighted by atomic mass is 32.1. The van der Waals surface area contributed by atoms with Crippen molar-refractivity contribution >= 4 is 24.0 Å². The molecular weight excluding hydrogens is 117 g/mol. The number of nitrogens with zero attached hydrogens (tertiary/aromatic N) is 1. The number of thiophene rings is 1. The fourth-order valence-corrected chi connectivity index (χ4v) is 0.985. The number of nitriles is 1. The molecule has 0 unspecified atom stereocenters. The van der Waals surface area contributed by atoms with E-state index in [0.717, 1.165) is 0 Å². The minimum absolute atomic E-state index is 0.669. The van der Waals surface area contributed by atoms with Crippen LogP contribution in [-0.4, -0.2) is 7.85 Å². The molecule has 0 amide bonds. The van der Waals surface area contributed by atoms with Crippen LogP contribution in [0.1, 0.15) is 4.88 Å². The zero-order valence-electron chi connectivity index (χ0n) is 4.09. The minimum atomic E-state index is 0.669. The molecule has 1 heterocycles. The maximum atomic E-state index is 8.26. The smallest absolute Gasteiger partial charge is 0.128 e. The van der Waals surface area contributed by atoms with Gasteiger partial charge in [0, 0.05) is 0 Å². The maximum Gasteiger partial charge on any atom is 0.128 e. The molecule has 0 aromatic carbocycles. The topological polar surface area (TPSA) is 23.8 Å². The van der Waals surface area contributed by atoms with Crippen LogP contribution < -0.4 is 4.78 Å². The summed E-state index contributed by atoms with van der Waals surface area (Å²) in [5, 5.41) is 8.26. The normalized spacial score (nSPS) is 8.38. The predicted octanol–water partition coefficient (Wildman–Crippen LogP) is 0.414. The lowest BCUT2D eigenvalue weighted by molar-refractivity contribution is 1.52. The summed E-state index contributed by atoms with van der Waals surface area (Å²) in [4.78, 5) is 0.669. The molecule has 0 saturated carbocycles. The predicted molar refractivity (Wildman–Crippen MR) is 34.4 cm³/mol. The molecule has 1 aromatic heterocycles. The van der Waals surface area contributed by atoms with E-state index >= 15 is 0 Å². The van der Waals surface area contributed by atoms with Gasteiger partial charge in [-0.25, -0.2) is 0 Å². The molecular formula is C5H2BNS. The number of rotatable bonds is 0. The van der Waals surface area contributed by atoms with E-state index in [1.165, 1.54) is 11.3 Å². The Kier molecular flexibility index (Phi) is 1.36. The van der Waals surface area contributed by atoms with Crippen LogP contribution in [0.3, 0.4) is 0 Å². The lowest BCUT2D eigenvalue weighted by atomic mass is 10.1. The quantitative estimate of drug-likeness (QED) is 0.454. The molecule has 1 nitrogen and oxygen atoms in total. The van der Waals surface area contributed by atoms with E-state index in [0.29, 0.717) is 9.65 Å². The Hall–Kier alpha value is -0.745. The summed E-state index contributed by atoms with van der Waals surface area (Å²) in [5.41, 5.74) is 0. The van der Waals surface area contributed by atoms with Gasteiger partial charge in [0.05, 0.1) is 0 Å². The van der Waals surface area contributed by atoms with E-state index < -0.39 is 0 Å². The third-order valence-corrected chi connectivity index (χ3v) is 1.56. The van der Waals surface area contributed by atoms with Crippen LogP contribution in [0.2, 0.25) is 0 Å². The molecule has 36 valence electrons. The number of hydrogen-bond acceptors (Lipinski definition) is 2. The van der Waals surface area contributed by atoms with Gasteiger partial charge in [-0.2, -0.15) is 5.26 Å². The first-order chi connectivity index (χ1) is 3.83. The largest absolute Gasteiger partial charge is 0.192 e. The van der Waals surface area contributed by atoms with Crippen LogP contribution in [-0.2, 0) is 0 Å². The third kappa shape index (κ3) is 0.905. The average Bonchev–Trinajstić information content (AvgIpc) is 2.14. The molecule has 0 saturated heterocycles. The monoisotopic (exact) mass is 119 g/mol. The zero-order chi connectivity index (χ0) is 5.98. The second-order valence-corrected chi connectivity index (χ2v) is 2.43. The first-order valence-electron chi connectivity index (χ1n) is 2.08. The number of hydrogen-bond donors (Lipinski definition) is 0. The van der Waals surface area contributed by atoms with Crippen molar-refractivity contribution in [3.63, 3.8) is 0 Å². The second-order valence-electron chi connectivity index (χ2n) is 1.31. The lowest BCUT2D eigenvalue weighted by Crippen LogP contribution is -1.88. The molecule has 0 fully saturated rings. The SMILES string of the molecule is [B]c1ccc(C#N)s1. The molecule has 0 aliphatic carbocycles. The van der Waals surface area contributed by atoms with E-state index in [1.54, 1.807) is 12.1 Å². The molecule has 0 aliphatic heterocycles. The standard InChI is InChI=1S/C5H2BNS/c6-5-2-1-4(3-7)8-5/h1-2H. The molecule has 1 rings (SSSR count). The lowest BCUT2D eigenvalue weighted by Gasteiger charge is -1.69. The van der Waals surface area contributed by atoms with E-state index in [1.807, 2.05) is 6.07 Å². The minimum Gasteiger partial charge on any atom is -0.192 e. The average molecular weight is 119 g/mol. The fourth-order valence-electron chi connectivity index (χ4n) is 0.413. The molecule has 0 N–H and O–H groups in total. The van der Waals surface area contributed by atoms with Crippen molar-refractivity contribution in [3.05, 3.63) is 17.0 Å². The molecule has 0 spiro atoms. The third-order valence-electron chi connectivity index (χ3n) is 0.737. The molecule has 1 aromatic rings. The van der Waals surface area contributed by atoms with Crippen LogP contribution in [0, 0.1) is 11.3 Å². The Labute approximate surface area is 53.0 Å². The summed E-state index contributed by atoms with van der Waals surface area (Å²) >= 11 is 1.30. The Morgan fingerprint density at radius 1 is 1.62 bits per heavy atom. The van der Waals surface area contributed by atoms with Gasteiger partial charge in [0.2, 0.25) is 0 Å². The highest BCUT2D eigenvalue weighted by Crippen LogP contribution is 2.01. The highest BCUT2D eigenvalue weighted by Gasteiger charge is 1.89. The van der Waals surface area contributed by atoms with Crippen molar-refractivity contribution in [2.75, 3.05) is 0 Å². The molecule has 3 heteroatoms. The van der Waals surface area contributed by atoms with Crippen molar-refractivity contribution in [2.45, 2.75) is 0 Å². The summed E-state index contributed by atoms with van der Waals surface area (Å²) < 4.78 is 0.696. The Morgan fingerprint density at radius 3 is 2.62 bits per heavy atom. The molecule has 2 radical (unpaired) electrons. The molecule has 0 atom stereocenters. The highest BCUT2D eigenvalue weighted by molar-refractivity contribution is 7.20. The van der Waals surface area contributed by atoms with Crippen LogP contribution in [0.25, 0.3) is 0 Å². The van der Waals surface area contributed by atoms with Crippen LogP contribution >= 0.6 is 11.3 Å². The molecule has 0 aliphatic rings. The van der Waals surface area contributed by atoms with Gasteiger partial charge in [0.15, 0.2) is 0 Å². The zero-order valence-corrected chi connectivity index (χ0v) is 4.90. The van der Waals surface area contributed by atoms with Crippen LogP contribution in [0.4, 0.5) is 0 Å². The molecule has 0 bridgehead atoms. The second kappa shape index (κ2) is 2.02. The van der Waals surface area contributed by atoms with Gasteiger partial charge >= 0.3 is 0 Å². The van der Waals surface area contributed by atoms with Gasteiger partial charge in [-0.1, -0.05) is 6.07 Å².